The summed E-state index contributed by atoms with van der Waals surface area (Å²) >= 11 is 0.0972. The van der Waals surface area contributed by atoms with Crippen molar-refractivity contribution >= 4 is 17.4 Å². The van der Waals surface area contributed by atoms with Crippen LogP contribution in [0.25, 0.3) is 0 Å². The summed E-state index contributed by atoms with van der Waals surface area (Å²) in [5.41, 5.74) is 0. The second-order valence-electron chi connectivity index (χ2n) is 1.35. The summed E-state index contributed by atoms with van der Waals surface area (Å²) < 4.78 is 0. The molecule has 0 rings (SSSR count). The van der Waals surface area contributed by atoms with Crippen molar-refractivity contribution in [1.29, 1.82) is 0 Å². The van der Waals surface area contributed by atoms with Gasteiger partial charge in [-0.15, -0.1) is 0 Å². The predicted octanol–water partition coefficient (Wildman–Crippen LogP) is 1.46. The van der Waals surface area contributed by atoms with Gasteiger partial charge in [0.15, 0.2) is 0 Å². The Labute approximate surface area is 47.9 Å². The molecule has 0 saturated carbocycles. The van der Waals surface area contributed by atoms with Gasteiger partial charge in [-0.1, -0.05) is 0 Å². The van der Waals surface area contributed by atoms with E-state index >= 15 is 0 Å². The Morgan fingerprint density at radius 3 is 1.50 bits per heavy atom. The molecule has 0 aliphatic heterocycles. The van der Waals surface area contributed by atoms with E-state index in [1.54, 1.807) is 0 Å². The summed E-state index contributed by atoms with van der Waals surface area (Å²) in [7, 11) is 0. The number of hydrogen-bond donors (Lipinski definition) is 1. The molecule has 2 heteroatoms. The Balaban J connectivity index is 0. The van der Waals surface area contributed by atoms with E-state index in [-0.39, 0.29) is 23.6 Å². The van der Waals surface area contributed by atoms with Gasteiger partial charge >= 0.3 is 41.2 Å². The van der Waals surface area contributed by atoms with Gasteiger partial charge in [-0.25, -0.2) is 0 Å². The molecule has 3 N–H and O–H groups in total. The molecule has 0 amide bonds. The minimum Gasteiger partial charge on any atom is -0.344 e. The molecule has 0 heterocycles. The van der Waals surface area contributed by atoms with Crippen LogP contribution in [0.1, 0.15) is 13.8 Å². The van der Waals surface area contributed by atoms with Crippen LogP contribution in [0.15, 0.2) is 0 Å². The third-order valence-corrected chi connectivity index (χ3v) is 3.67. The first-order chi connectivity index (χ1) is 2.41. The van der Waals surface area contributed by atoms with Crippen LogP contribution >= 0.6 is 0 Å². The Hall–Kier alpha value is 0.596. The van der Waals surface area contributed by atoms with Crippen LogP contribution < -0.4 is 6.15 Å². The maximum atomic E-state index is 2.30. The molecule has 0 bridgehead atoms. The van der Waals surface area contributed by atoms with Crippen LogP contribution in [0.4, 0.5) is 0 Å². The molecule has 0 spiro atoms. The van der Waals surface area contributed by atoms with Gasteiger partial charge in [0.05, 0.1) is 0 Å². The van der Waals surface area contributed by atoms with E-state index in [0.717, 1.165) is 0 Å². The summed E-state index contributed by atoms with van der Waals surface area (Å²) in [6.45, 7) is 4.59. The van der Waals surface area contributed by atoms with E-state index in [1.807, 2.05) is 0 Å². The minimum absolute atomic E-state index is 0. The molecular formula is C4H14GaN. The van der Waals surface area contributed by atoms with Gasteiger partial charge in [0.1, 0.15) is 0 Å². The van der Waals surface area contributed by atoms with Crippen molar-refractivity contribution in [2.45, 2.75) is 23.8 Å². The molecule has 0 fully saturated rings. The summed E-state index contributed by atoms with van der Waals surface area (Å²) in [4.78, 5) is 3.06. The standard InChI is InChI=1S/2C2H5.Ga.H3N.H/c2*1-2;;;/h2*1H2,2H3;;1H3;. The first-order valence-electron chi connectivity index (χ1n) is 2.41. The van der Waals surface area contributed by atoms with E-state index in [2.05, 4.69) is 13.8 Å². The molecule has 0 aliphatic rings. The molecule has 0 saturated heterocycles. The number of rotatable bonds is 2. The molecule has 0 aromatic rings. The van der Waals surface area contributed by atoms with Crippen molar-refractivity contribution in [2.75, 3.05) is 0 Å². The van der Waals surface area contributed by atoms with Gasteiger partial charge in [-0.3, -0.25) is 0 Å². The van der Waals surface area contributed by atoms with Crippen LogP contribution in [0.2, 0.25) is 9.95 Å². The molecule has 6 heavy (non-hydrogen) atoms. The third kappa shape index (κ3) is 8.82. The van der Waals surface area contributed by atoms with E-state index in [1.165, 1.54) is 9.95 Å². The van der Waals surface area contributed by atoms with Gasteiger partial charge in [-0.05, 0) is 0 Å². The van der Waals surface area contributed by atoms with Crippen LogP contribution in [0.5, 0.6) is 0 Å². The maximum Gasteiger partial charge on any atom is -0.344 e. The Morgan fingerprint density at radius 1 is 1.17 bits per heavy atom. The fraction of sp³-hybridized carbons (Fsp3) is 1.00. The van der Waals surface area contributed by atoms with Crippen molar-refractivity contribution in [3.05, 3.63) is 0 Å². The van der Waals surface area contributed by atoms with Crippen LogP contribution in [-0.4, -0.2) is 17.4 Å². The smallest absolute Gasteiger partial charge is 0.344 e. The fourth-order valence-corrected chi connectivity index (χ4v) is 1.84. The quantitative estimate of drug-likeness (QED) is 0.587. The zero-order chi connectivity index (χ0) is 4.12. The molecule has 0 atom stereocenters. The summed E-state index contributed by atoms with van der Waals surface area (Å²) in [6, 6.07) is 0. The normalized spacial score (nSPS) is 6.33. The zero-order valence-electron chi connectivity index (χ0n) is 4.83. The monoisotopic (exact) mass is 145 g/mol. The van der Waals surface area contributed by atoms with E-state index in [0.29, 0.717) is 0 Å². The largest absolute Gasteiger partial charge is 0.344 e. The van der Waals surface area contributed by atoms with Gasteiger partial charge in [0.25, 0.3) is 0 Å². The molecule has 1 nitrogen and oxygen atoms in total. The molecular weight excluding hydrogens is 132 g/mol. The van der Waals surface area contributed by atoms with Crippen molar-refractivity contribution in [1.82, 2.24) is 6.15 Å². The van der Waals surface area contributed by atoms with Gasteiger partial charge in [0, 0.05) is 0 Å². The second-order valence-corrected chi connectivity index (χ2v) is 7.03. The first-order valence-corrected chi connectivity index (χ1v) is 6.61. The number of hydrogen-bond acceptors (Lipinski definition) is 1. The first kappa shape index (κ1) is 9.78. The van der Waals surface area contributed by atoms with Crippen LogP contribution in [0.3, 0.4) is 0 Å². The van der Waals surface area contributed by atoms with Gasteiger partial charge in [0.2, 0.25) is 0 Å². The molecule has 0 unspecified atom stereocenters. The minimum atomic E-state index is 0. The van der Waals surface area contributed by atoms with E-state index in [9.17, 15) is 0 Å². The molecule has 38 valence electrons. The Morgan fingerprint density at radius 2 is 1.50 bits per heavy atom. The fourth-order valence-electron chi connectivity index (χ4n) is 0.354. The second kappa shape index (κ2) is 9.14. The molecule has 0 aromatic heterocycles. The maximum absolute atomic E-state index is 2.30. The Kier molecular flexibility index (Phi) is 14.9. The average Bonchev–Trinajstić information content (AvgIpc) is 1.41. The predicted molar refractivity (Wildman–Crippen MR) is 33.1 cm³/mol. The average molecular weight is 146 g/mol. The van der Waals surface area contributed by atoms with Crippen LogP contribution in [0, 0.1) is 0 Å². The topological polar surface area (TPSA) is 35.0 Å². The Bertz CT molecular complexity index is 15.0. The molecule has 0 aliphatic carbocycles. The van der Waals surface area contributed by atoms with Gasteiger partial charge in [-0.2, -0.15) is 0 Å². The zero-order valence-corrected chi connectivity index (χ0v) is 7.80. The molecule has 0 aromatic carbocycles. The van der Waals surface area contributed by atoms with E-state index < -0.39 is 0 Å². The van der Waals surface area contributed by atoms with Crippen molar-refractivity contribution in [3.8, 4) is 0 Å². The van der Waals surface area contributed by atoms with Crippen molar-refractivity contribution < 1.29 is 0 Å². The molecule has 0 radical (unpaired) electrons. The van der Waals surface area contributed by atoms with Crippen molar-refractivity contribution in [2.24, 2.45) is 0 Å². The van der Waals surface area contributed by atoms with Gasteiger partial charge < -0.3 is 6.15 Å². The summed E-state index contributed by atoms with van der Waals surface area (Å²) in [6.07, 6.45) is 0. The summed E-state index contributed by atoms with van der Waals surface area (Å²) in [5, 5.41) is 0. The van der Waals surface area contributed by atoms with E-state index in [4.69, 9.17) is 0 Å². The van der Waals surface area contributed by atoms with Crippen LogP contribution in [-0.2, 0) is 0 Å². The van der Waals surface area contributed by atoms with Crippen molar-refractivity contribution in [3.63, 3.8) is 0 Å². The SMILES string of the molecule is C[CH2][GaH][CH2]C.N. The summed E-state index contributed by atoms with van der Waals surface area (Å²) in [5.74, 6) is 0. The third-order valence-electron chi connectivity index (χ3n) is 0.707.